The number of halogens is 1. The van der Waals surface area contributed by atoms with Gasteiger partial charge in [-0.2, -0.15) is 0 Å². The Bertz CT molecular complexity index is 504. The molecule has 0 aliphatic carbocycles. The summed E-state index contributed by atoms with van der Waals surface area (Å²) in [5.41, 5.74) is 8.27. The number of carbonyl (C=O) groups excluding carboxylic acids is 1. The van der Waals surface area contributed by atoms with Crippen molar-refractivity contribution in [2.75, 3.05) is 16.8 Å². The third kappa shape index (κ3) is 2.42. The van der Waals surface area contributed by atoms with E-state index in [9.17, 15) is 4.79 Å². The van der Waals surface area contributed by atoms with E-state index in [0.29, 0.717) is 6.54 Å². The van der Waals surface area contributed by atoms with E-state index >= 15 is 0 Å². The second kappa shape index (κ2) is 4.62. The van der Waals surface area contributed by atoms with Gasteiger partial charge in [-0.15, -0.1) is 0 Å². The maximum atomic E-state index is 11.6. The lowest BCUT2D eigenvalue weighted by Crippen LogP contribution is -2.28. The fourth-order valence-electron chi connectivity index (χ4n) is 2.05. The van der Waals surface area contributed by atoms with Crippen molar-refractivity contribution in [1.29, 1.82) is 0 Å². The highest BCUT2D eigenvalue weighted by molar-refractivity contribution is 9.10. The number of nitrogens with one attached hydrogen (secondary N) is 1. The van der Waals surface area contributed by atoms with Crippen molar-refractivity contribution in [3.8, 4) is 0 Å². The third-order valence-electron chi connectivity index (χ3n) is 2.67. The van der Waals surface area contributed by atoms with Gasteiger partial charge in [-0.1, -0.05) is 15.9 Å². The van der Waals surface area contributed by atoms with Gasteiger partial charge in [0.05, 0.1) is 11.4 Å². The highest BCUT2D eigenvalue weighted by Gasteiger charge is 2.25. The predicted octanol–water partition coefficient (Wildman–Crippen LogP) is 2.01. The van der Waals surface area contributed by atoms with E-state index in [1.54, 1.807) is 11.8 Å². The quantitative estimate of drug-likeness (QED) is 0.779. The summed E-state index contributed by atoms with van der Waals surface area (Å²) in [5.74, 6) is 0.0251. The van der Waals surface area contributed by atoms with Gasteiger partial charge >= 0.3 is 0 Å². The zero-order valence-corrected chi connectivity index (χ0v) is 11.7. The Morgan fingerprint density at radius 2 is 2.29 bits per heavy atom. The summed E-state index contributed by atoms with van der Waals surface area (Å²) in [7, 11) is 0. The Kier molecular flexibility index (Phi) is 3.35. The van der Waals surface area contributed by atoms with Crippen LogP contribution in [0.1, 0.15) is 12.5 Å². The summed E-state index contributed by atoms with van der Waals surface area (Å²) in [4.78, 5) is 13.3. The fraction of sp³-hybridized carbons (Fsp3) is 0.273. The monoisotopic (exact) mass is 313 g/mol. The molecular weight excluding hydrogens is 302 g/mol. The minimum atomic E-state index is 0.0251. The van der Waals surface area contributed by atoms with Crippen LogP contribution in [0.3, 0.4) is 0 Å². The van der Waals surface area contributed by atoms with Gasteiger partial charge < -0.3 is 16.0 Å². The molecule has 2 rings (SSSR count). The van der Waals surface area contributed by atoms with Crippen LogP contribution < -0.4 is 16.0 Å². The molecule has 0 aromatic heterocycles. The van der Waals surface area contributed by atoms with Gasteiger partial charge in [0.1, 0.15) is 0 Å². The molecule has 0 atom stereocenters. The number of fused-ring (bicyclic) bond motifs is 1. The van der Waals surface area contributed by atoms with Crippen LogP contribution in [0.5, 0.6) is 0 Å². The van der Waals surface area contributed by atoms with Crippen LogP contribution >= 0.6 is 28.1 Å². The zero-order valence-electron chi connectivity index (χ0n) is 9.29. The molecule has 17 heavy (non-hydrogen) atoms. The topological polar surface area (TPSA) is 58.4 Å². The number of nitrogens with zero attached hydrogens (tertiary/aromatic N) is 1. The number of rotatable bonds is 1. The number of benzene rings is 1. The molecule has 0 bridgehead atoms. The lowest BCUT2D eigenvalue weighted by molar-refractivity contribution is -0.116. The summed E-state index contributed by atoms with van der Waals surface area (Å²) in [6.45, 7) is 2.26. The molecule has 0 unspecified atom stereocenters. The summed E-state index contributed by atoms with van der Waals surface area (Å²) in [6, 6.07) is 3.89. The van der Waals surface area contributed by atoms with Gasteiger partial charge in [-0.25, -0.2) is 0 Å². The lowest BCUT2D eigenvalue weighted by atomic mass is 10.1. The van der Waals surface area contributed by atoms with Gasteiger partial charge in [0.25, 0.3) is 0 Å². The predicted molar refractivity (Wildman–Crippen MR) is 76.3 cm³/mol. The number of carbonyl (C=O) groups is 1. The molecule has 6 heteroatoms. The number of nitrogens with two attached hydrogens (primary N) is 1. The Morgan fingerprint density at radius 1 is 1.59 bits per heavy atom. The largest absolute Gasteiger partial charge is 0.376 e. The number of hydrogen-bond donors (Lipinski definition) is 2. The smallest absolute Gasteiger partial charge is 0.223 e. The molecule has 4 nitrogen and oxygen atoms in total. The average molecular weight is 314 g/mol. The van der Waals surface area contributed by atoms with Crippen molar-refractivity contribution < 1.29 is 4.79 Å². The number of thiocarbonyl (C=S) groups is 1. The third-order valence-corrected chi connectivity index (χ3v) is 3.23. The minimum Gasteiger partial charge on any atom is -0.376 e. The van der Waals surface area contributed by atoms with Crippen molar-refractivity contribution in [3.05, 3.63) is 22.2 Å². The lowest BCUT2D eigenvalue weighted by Gasteiger charge is -2.19. The second-order valence-electron chi connectivity index (χ2n) is 3.87. The molecule has 0 saturated heterocycles. The summed E-state index contributed by atoms with van der Waals surface area (Å²) >= 11 is 8.28. The molecule has 90 valence electrons. The molecule has 0 spiro atoms. The van der Waals surface area contributed by atoms with E-state index in [1.165, 1.54) is 0 Å². The van der Waals surface area contributed by atoms with E-state index in [0.717, 1.165) is 27.8 Å². The van der Waals surface area contributed by atoms with E-state index < -0.39 is 0 Å². The summed E-state index contributed by atoms with van der Waals surface area (Å²) in [5, 5.41) is 3.11. The molecular formula is C11H12BrN3OS. The van der Waals surface area contributed by atoms with E-state index in [4.69, 9.17) is 18.0 Å². The van der Waals surface area contributed by atoms with Crippen LogP contribution in [0.4, 0.5) is 11.4 Å². The zero-order chi connectivity index (χ0) is 12.6. The van der Waals surface area contributed by atoms with E-state index in [-0.39, 0.29) is 11.0 Å². The minimum absolute atomic E-state index is 0.0251. The van der Waals surface area contributed by atoms with Crippen LogP contribution in [0.25, 0.3) is 0 Å². The SMILES string of the molecule is CC(=O)N1CCc2cc(Br)cc(NC(N)=S)c21. The van der Waals surface area contributed by atoms with Gasteiger partial charge in [0, 0.05) is 17.9 Å². The standard InChI is InChI=1S/C11H12BrN3OS/c1-6(16)15-3-2-7-4-8(12)5-9(10(7)15)14-11(13)17/h4-5H,2-3H2,1H3,(H3,13,14,17). The second-order valence-corrected chi connectivity index (χ2v) is 5.23. The molecule has 1 amide bonds. The summed E-state index contributed by atoms with van der Waals surface area (Å²) in [6.07, 6.45) is 0.848. The number of hydrogen-bond acceptors (Lipinski definition) is 2. The van der Waals surface area contributed by atoms with Crippen LogP contribution in [0, 0.1) is 0 Å². The fourth-order valence-corrected chi connectivity index (χ4v) is 2.67. The number of amides is 1. The van der Waals surface area contributed by atoms with Gasteiger partial charge in [-0.05, 0) is 36.3 Å². The number of anilines is 2. The van der Waals surface area contributed by atoms with Crippen molar-refractivity contribution in [2.24, 2.45) is 5.73 Å². The first-order valence-corrected chi connectivity index (χ1v) is 6.36. The van der Waals surface area contributed by atoms with E-state index in [2.05, 4.69) is 21.2 Å². The highest BCUT2D eigenvalue weighted by Crippen LogP contribution is 2.38. The van der Waals surface area contributed by atoms with Crippen molar-refractivity contribution in [1.82, 2.24) is 0 Å². The molecule has 0 radical (unpaired) electrons. The Balaban J connectivity index is 2.51. The Morgan fingerprint density at radius 3 is 2.88 bits per heavy atom. The van der Waals surface area contributed by atoms with Crippen molar-refractivity contribution in [3.63, 3.8) is 0 Å². The first kappa shape index (κ1) is 12.3. The molecule has 0 fully saturated rings. The first-order valence-electron chi connectivity index (χ1n) is 5.16. The van der Waals surface area contributed by atoms with Crippen LogP contribution in [0.2, 0.25) is 0 Å². The molecule has 1 aliphatic heterocycles. The first-order chi connectivity index (χ1) is 7.99. The molecule has 1 heterocycles. The van der Waals surface area contributed by atoms with Gasteiger partial charge in [0.15, 0.2) is 5.11 Å². The van der Waals surface area contributed by atoms with Gasteiger partial charge in [0.2, 0.25) is 5.91 Å². The Labute approximate surface area is 113 Å². The summed E-state index contributed by atoms with van der Waals surface area (Å²) < 4.78 is 0.945. The maximum Gasteiger partial charge on any atom is 0.223 e. The maximum absolute atomic E-state index is 11.6. The Hall–Kier alpha value is -1.14. The van der Waals surface area contributed by atoms with Crippen LogP contribution in [0.15, 0.2) is 16.6 Å². The molecule has 1 aromatic rings. The van der Waals surface area contributed by atoms with Gasteiger partial charge in [-0.3, -0.25) is 4.79 Å². The molecule has 1 aliphatic rings. The molecule has 0 saturated carbocycles. The van der Waals surface area contributed by atoms with E-state index in [1.807, 2.05) is 12.1 Å². The van der Waals surface area contributed by atoms with Crippen LogP contribution in [-0.2, 0) is 11.2 Å². The molecule has 3 N–H and O–H groups in total. The van der Waals surface area contributed by atoms with Crippen LogP contribution in [-0.4, -0.2) is 17.6 Å². The van der Waals surface area contributed by atoms with Crippen molar-refractivity contribution >= 4 is 50.5 Å². The molecule has 1 aromatic carbocycles. The highest BCUT2D eigenvalue weighted by atomic mass is 79.9. The average Bonchev–Trinajstić information content (AvgIpc) is 2.59. The van der Waals surface area contributed by atoms with Crippen molar-refractivity contribution in [2.45, 2.75) is 13.3 Å². The normalized spacial score (nSPS) is 13.4.